The molecule has 2 unspecified atom stereocenters. The van der Waals surface area contributed by atoms with Crippen LogP contribution in [0.1, 0.15) is 49.4 Å². The van der Waals surface area contributed by atoms with Gasteiger partial charge in [0, 0.05) is 11.6 Å². The zero-order chi connectivity index (χ0) is 13.7. The highest BCUT2D eigenvalue weighted by atomic mass is 16.5. The number of nitrogens with one attached hydrogen (secondary N) is 1. The van der Waals surface area contributed by atoms with Crippen molar-refractivity contribution >= 4 is 0 Å². The molecule has 0 saturated carbocycles. The van der Waals surface area contributed by atoms with Crippen LogP contribution in [-0.2, 0) is 0 Å². The van der Waals surface area contributed by atoms with Crippen molar-refractivity contribution < 1.29 is 4.74 Å². The molecule has 0 aliphatic rings. The first-order valence-electron chi connectivity index (χ1n) is 6.87. The fourth-order valence-electron chi connectivity index (χ4n) is 2.84. The highest BCUT2D eigenvalue weighted by Gasteiger charge is 2.22. The van der Waals surface area contributed by atoms with Gasteiger partial charge >= 0.3 is 0 Å². The van der Waals surface area contributed by atoms with E-state index in [2.05, 4.69) is 45.1 Å². The summed E-state index contributed by atoms with van der Waals surface area (Å²) in [7, 11) is 3.80. The molecule has 0 heterocycles. The first kappa shape index (κ1) is 15.0. The summed E-state index contributed by atoms with van der Waals surface area (Å²) in [6, 6.07) is 4.73. The van der Waals surface area contributed by atoms with Crippen molar-refractivity contribution in [2.75, 3.05) is 14.2 Å². The Morgan fingerprint density at radius 1 is 1.28 bits per heavy atom. The summed E-state index contributed by atoms with van der Waals surface area (Å²) in [5, 5.41) is 3.46. The molecule has 0 radical (unpaired) electrons. The molecule has 0 aliphatic carbocycles. The number of hydrogen-bond donors (Lipinski definition) is 1. The maximum atomic E-state index is 5.58. The number of benzene rings is 1. The number of hydrogen-bond acceptors (Lipinski definition) is 2. The molecule has 1 aromatic rings. The molecular formula is C16H27NO. The lowest BCUT2D eigenvalue weighted by molar-refractivity contribution is 0.355. The lowest BCUT2D eigenvalue weighted by Crippen LogP contribution is -2.25. The third-order valence-corrected chi connectivity index (χ3v) is 3.65. The van der Waals surface area contributed by atoms with Crippen LogP contribution in [0, 0.1) is 19.8 Å². The second kappa shape index (κ2) is 6.79. The van der Waals surface area contributed by atoms with E-state index < -0.39 is 0 Å². The van der Waals surface area contributed by atoms with E-state index in [1.165, 1.54) is 29.5 Å². The fourth-order valence-corrected chi connectivity index (χ4v) is 2.84. The van der Waals surface area contributed by atoms with Crippen molar-refractivity contribution in [1.82, 2.24) is 5.32 Å². The van der Waals surface area contributed by atoms with Crippen molar-refractivity contribution in [3.8, 4) is 5.75 Å². The Balaban J connectivity index is 3.19. The largest absolute Gasteiger partial charge is 0.496 e. The van der Waals surface area contributed by atoms with E-state index in [0.717, 1.165) is 5.75 Å². The maximum absolute atomic E-state index is 5.58. The molecule has 2 atom stereocenters. The van der Waals surface area contributed by atoms with Gasteiger partial charge < -0.3 is 10.1 Å². The van der Waals surface area contributed by atoms with Gasteiger partial charge in [-0.3, -0.25) is 0 Å². The van der Waals surface area contributed by atoms with E-state index in [1.807, 2.05) is 7.05 Å². The van der Waals surface area contributed by atoms with Crippen LogP contribution in [0.25, 0.3) is 0 Å². The molecule has 2 heteroatoms. The van der Waals surface area contributed by atoms with Gasteiger partial charge in [-0.1, -0.05) is 26.3 Å². The molecule has 0 saturated heterocycles. The molecule has 0 aliphatic heterocycles. The average Bonchev–Trinajstić information content (AvgIpc) is 2.32. The lowest BCUT2D eigenvalue weighted by atomic mass is 9.87. The Labute approximate surface area is 112 Å². The third-order valence-electron chi connectivity index (χ3n) is 3.65. The van der Waals surface area contributed by atoms with E-state index in [4.69, 9.17) is 4.74 Å². The van der Waals surface area contributed by atoms with Gasteiger partial charge in [-0.15, -0.1) is 0 Å². The van der Waals surface area contributed by atoms with E-state index >= 15 is 0 Å². The first-order chi connectivity index (χ1) is 8.54. The molecule has 0 fully saturated rings. The Kier molecular flexibility index (Phi) is 5.67. The molecule has 0 amide bonds. The van der Waals surface area contributed by atoms with Crippen LogP contribution < -0.4 is 10.1 Å². The standard InChI is InChI=1S/C16H27NO/c1-7-8-12(3)16(17-5)15-13(4)9-11(2)10-14(15)18-6/h9-10,12,16-17H,7-8H2,1-6H3. The summed E-state index contributed by atoms with van der Waals surface area (Å²) in [5.41, 5.74) is 3.88. The van der Waals surface area contributed by atoms with Crippen LogP contribution in [0.4, 0.5) is 0 Å². The number of ether oxygens (including phenoxy) is 1. The van der Waals surface area contributed by atoms with Crippen LogP contribution in [0.5, 0.6) is 5.75 Å². The minimum Gasteiger partial charge on any atom is -0.496 e. The molecular weight excluding hydrogens is 222 g/mol. The molecule has 1 N–H and O–H groups in total. The quantitative estimate of drug-likeness (QED) is 0.822. The van der Waals surface area contributed by atoms with E-state index in [9.17, 15) is 0 Å². The summed E-state index contributed by atoms with van der Waals surface area (Å²) in [6.45, 7) is 8.84. The molecule has 0 spiro atoms. The predicted octanol–water partition coefficient (Wildman–Crippen LogP) is 4.01. The minimum absolute atomic E-state index is 0.362. The normalized spacial score (nSPS) is 14.3. The van der Waals surface area contributed by atoms with Gasteiger partial charge in [0.1, 0.15) is 5.75 Å². The van der Waals surface area contributed by atoms with E-state index in [-0.39, 0.29) is 0 Å². The van der Waals surface area contributed by atoms with Gasteiger partial charge in [-0.2, -0.15) is 0 Å². The molecule has 1 aromatic carbocycles. The molecule has 2 nitrogen and oxygen atoms in total. The zero-order valence-corrected chi connectivity index (χ0v) is 12.6. The number of rotatable bonds is 6. The zero-order valence-electron chi connectivity index (χ0n) is 12.6. The lowest BCUT2D eigenvalue weighted by Gasteiger charge is -2.27. The highest BCUT2D eigenvalue weighted by molar-refractivity contribution is 5.45. The van der Waals surface area contributed by atoms with Crippen molar-refractivity contribution in [2.24, 2.45) is 5.92 Å². The number of aryl methyl sites for hydroxylation is 2. The minimum atomic E-state index is 0.362. The van der Waals surface area contributed by atoms with Crippen LogP contribution >= 0.6 is 0 Å². The van der Waals surface area contributed by atoms with Gasteiger partial charge in [0.2, 0.25) is 0 Å². The Hall–Kier alpha value is -1.02. The van der Waals surface area contributed by atoms with Crippen LogP contribution in [-0.4, -0.2) is 14.2 Å². The molecule has 1 rings (SSSR count). The Bertz CT molecular complexity index is 387. The second-order valence-electron chi connectivity index (χ2n) is 5.23. The Morgan fingerprint density at radius 2 is 1.94 bits per heavy atom. The van der Waals surface area contributed by atoms with Gasteiger partial charge in [-0.05, 0) is 50.4 Å². The van der Waals surface area contributed by atoms with E-state index in [1.54, 1.807) is 7.11 Å². The van der Waals surface area contributed by atoms with Crippen LogP contribution in [0.2, 0.25) is 0 Å². The van der Waals surface area contributed by atoms with Gasteiger partial charge in [0.05, 0.1) is 7.11 Å². The van der Waals surface area contributed by atoms with Gasteiger partial charge in [-0.25, -0.2) is 0 Å². The fraction of sp³-hybridized carbons (Fsp3) is 0.625. The first-order valence-corrected chi connectivity index (χ1v) is 6.87. The van der Waals surface area contributed by atoms with Gasteiger partial charge in [0.15, 0.2) is 0 Å². The summed E-state index contributed by atoms with van der Waals surface area (Å²) >= 11 is 0. The van der Waals surface area contributed by atoms with E-state index in [0.29, 0.717) is 12.0 Å². The molecule has 0 bridgehead atoms. The monoisotopic (exact) mass is 249 g/mol. The van der Waals surface area contributed by atoms with Crippen molar-refractivity contribution in [2.45, 2.75) is 46.6 Å². The molecule has 102 valence electrons. The smallest absolute Gasteiger partial charge is 0.124 e. The summed E-state index contributed by atoms with van der Waals surface area (Å²) in [6.07, 6.45) is 2.44. The second-order valence-corrected chi connectivity index (χ2v) is 5.23. The predicted molar refractivity (Wildman–Crippen MR) is 78.3 cm³/mol. The SMILES string of the molecule is CCCC(C)C(NC)c1c(C)cc(C)cc1OC. The number of methoxy groups -OCH3 is 1. The maximum Gasteiger partial charge on any atom is 0.124 e. The topological polar surface area (TPSA) is 21.3 Å². The van der Waals surface area contributed by atoms with Crippen molar-refractivity contribution in [3.63, 3.8) is 0 Å². The average molecular weight is 249 g/mol. The third kappa shape index (κ3) is 3.26. The van der Waals surface area contributed by atoms with Crippen molar-refractivity contribution in [3.05, 3.63) is 28.8 Å². The highest BCUT2D eigenvalue weighted by Crippen LogP contribution is 2.35. The van der Waals surface area contributed by atoms with Gasteiger partial charge in [0.25, 0.3) is 0 Å². The Morgan fingerprint density at radius 3 is 2.44 bits per heavy atom. The summed E-state index contributed by atoms with van der Waals surface area (Å²) in [4.78, 5) is 0. The molecule has 18 heavy (non-hydrogen) atoms. The summed E-state index contributed by atoms with van der Waals surface area (Å²) < 4.78 is 5.58. The van der Waals surface area contributed by atoms with Crippen LogP contribution in [0.3, 0.4) is 0 Å². The molecule has 0 aromatic heterocycles. The van der Waals surface area contributed by atoms with Crippen molar-refractivity contribution in [1.29, 1.82) is 0 Å². The summed E-state index contributed by atoms with van der Waals surface area (Å²) in [5.74, 6) is 1.62. The van der Waals surface area contributed by atoms with Crippen LogP contribution in [0.15, 0.2) is 12.1 Å².